The third kappa shape index (κ3) is 3.26. The maximum atomic E-state index is 13.9. The van der Waals surface area contributed by atoms with E-state index in [-0.39, 0.29) is 11.7 Å². The Labute approximate surface area is 153 Å². The van der Waals surface area contributed by atoms with Gasteiger partial charge in [0.25, 0.3) is 0 Å². The number of benzene rings is 1. The van der Waals surface area contributed by atoms with Gasteiger partial charge in [0.2, 0.25) is 5.91 Å². The molecule has 1 aliphatic carbocycles. The van der Waals surface area contributed by atoms with Crippen LogP contribution in [0.1, 0.15) is 24.8 Å². The summed E-state index contributed by atoms with van der Waals surface area (Å²) in [5, 5.41) is 4.29. The van der Waals surface area contributed by atoms with E-state index >= 15 is 0 Å². The summed E-state index contributed by atoms with van der Waals surface area (Å²) in [6.45, 7) is 1.53. The van der Waals surface area contributed by atoms with Crippen molar-refractivity contribution in [2.75, 3.05) is 20.6 Å². The van der Waals surface area contributed by atoms with Crippen LogP contribution in [-0.2, 0) is 11.3 Å². The van der Waals surface area contributed by atoms with Crippen LogP contribution in [-0.4, -0.2) is 52.2 Å². The standard InChI is InChI=1S/C20H25FN4O/c1-23(18-9-14-11-20(26)24(2)12-15(14)10-18)13-16-8-17(21)4-5-19(16)25-7-3-6-22-25/h3-8,14-15,18H,9-13H2,1-2H3/t14-,15+,18-/m0/s1. The van der Waals surface area contributed by atoms with Crippen LogP contribution in [0.2, 0.25) is 0 Å². The van der Waals surface area contributed by atoms with E-state index in [2.05, 4.69) is 17.0 Å². The van der Waals surface area contributed by atoms with Gasteiger partial charge in [-0.1, -0.05) is 0 Å². The highest BCUT2D eigenvalue weighted by Gasteiger charge is 2.41. The molecular weight excluding hydrogens is 331 g/mol. The summed E-state index contributed by atoms with van der Waals surface area (Å²) in [4.78, 5) is 16.2. The molecule has 0 spiro atoms. The van der Waals surface area contributed by atoms with Crippen molar-refractivity contribution in [1.82, 2.24) is 19.6 Å². The largest absolute Gasteiger partial charge is 0.345 e. The molecule has 4 rings (SSSR count). The molecule has 0 N–H and O–H groups in total. The maximum Gasteiger partial charge on any atom is 0.222 e. The number of hydrogen-bond donors (Lipinski definition) is 0. The van der Waals surface area contributed by atoms with Crippen molar-refractivity contribution in [1.29, 1.82) is 0 Å². The molecule has 1 saturated carbocycles. The van der Waals surface area contributed by atoms with Gasteiger partial charge in [0.1, 0.15) is 5.82 Å². The number of fused-ring (bicyclic) bond motifs is 1. The van der Waals surface area contributed by atoms with Gasteiger partial charge in [-0.25, -0.2) is 9.07 Å². The first-order valence-electron chi connectivity index (χ1n) is 9.24. The summed E-state index contributed by atoms with van der Waals surface area (Å²) in [7, 11) is 4.00. The second-order valence-electron chi connectivity index (χ2n) is 7.76. The molecule has 26 heavy (non-hydrogen) atoms. The Morgan fingerprint density at radius 1 is 1.31 bits per heavy atom. The zero-order valence-corrected chi connectivity index (χ0v) is 15.3. The van der Waals surface area contributed by atoms with Gasteiger partial charge >= 0.3 is 0 Å². The first-order chi connectivity index (χ1) is 12.5. The van der Waals surface area contributed by atoms with Crippen molar-refractivity contribution in [3.8, 4) is 5.69 Å². The van der Waals surface area contributed by atoms with Crippen LogP contribution >= 0.6 is 0 Å². The summed E-state index contributed by atoms with van der Waals surface area (Å²) in [6.07, 6.45) is 6.43. The maximum absolute atomic E-state index is 13.9. The quantitative estimate of drug-likeness (QED) is 0.846. The van der Waals surface area contributed by atoms with Crippen LogP contribution in [0.15, 0.2) is 36.7 Å². The van der Waals surface area contributed by atoms with Gasteiger partial charge in [0, 0.05) is 45.0 Å². The number of nitrogens with zero attached hydrogens (tertiary/aromatic N) is 4. The van der Waals surface area contributed by atoms with E-state index in [4.69, 9.17) is 0 Å². The third-order valence-electron chi connectivity index (χ3n) is 6.02. The zero-order valence-electron chi connectivity index (χ0n) is 15.3. The van der Waals surface area contributed by atoms with Crippen molar-refractivity contribution in [2.45, 2.75) is 31.8 Å². The summed E-state index contributed by atoms with van der Waals surface area (Å²) in [6, 6.07) is 7.16. The Hall–Kier alpha value is -2.21. The van der Waals surface area contributed by atoms with Crippen molar-refractivity contribution in [3.05, 3.63) is 48.0 Å². The minimum absolute atomic E-state index is 0.225. The van der Waals surface area contributed by atoms with Gasteiger partial charge in [-0.05, 0) is 61.6 Å². The van der Waals surface area contributed by atoms with Gasteiger partial charge in [-0.3, -0.25) is 9.69 Å². The van der Waals surface area contributed by atoms with Crippen molar-refractivity contribution in [3.63, 3.8) is 0 Å². The third-order valence-corrected chi connectivity index (χ3v) is 6.02. The fraction of sp³-hybridized carbons (Fsp3) is 0.500. The lowest BCUT2D eigenvalue weighted by atomic mass is 9.88. The highest BCUT2D eigenvalue weighted by atomic mass is 19.1. The van der Waals surface area contributed by atoms with E-state index in [1.807, 2.05) is 24.2 Å². The molecule has 2 aromatic rings. The van der Waals surface area contributed by atoms with Crippen LogP contribution < -0.4 is 0 Å². The predicted molar refractivity (Wildman–Crippen MR) is 97.2 cm³/mol. The minimum atomic E-state index is -0.225. The van der Waals surface area contributed by atoms with E-state index in [0.29, 0.717) is 30.8 Å². The number of rotatable bonds is 4. The van der Waals surface area contributed by atoms with Crippen LogP contribution in [0.4, 0.5) is 4.39 Å². The highest BCUT2D eigenvalue weighted by molar-refractivity contribution is 5.77. The van der Waals surface area contributed by atoms with E-state index < -0.39 is 0 Å². The van der Waals surface area contributed by atoms with Crippen LogP contribution in [0.5, 0.6) is 0 Å². The zero-order chi connectivity index (χ0) is 18.3. The lowest BCUT2D eigenvalue weighted by Crippen LogP contribution is -2.39. The molecule has 1 saturated heterocycles. The SMILES string of the molecule is CN1C[C@H]2C[C@@H](N(C)Cc3cc(F)ccc3-n3cccn3)C[C@H]2CC1=O. The van der Waals surface area contributed by atoms with E-state index in [0.717, 1.165) is 30.6 Å². The Morgan fingerprint density at radius 3 is 2.88 bits per heavy atom. The van der Waals surface area contributed by atoms with Crippen LogP contribution in [0.3, 0.4) is 0 Å². The fourth-order valence-electron chi connectivity index (χ4n) is 4.56. The van der Waals surface area contributed by atoms with Crippen molar-refractivity contribution >= 4 is 5.91 Å². The molecule has 1 aromatic carbocycles. The number of carbonyl (C=O) groups excluding carboxylic acids is 1. The van der Waals surface area contributed by atoms with Crippen molar-refractivity contribution < 1.29 is 9.18 Å². The van der Waals surface area contributed by atoms with Gasteiger partial charge in [-0.2, -0.15) is 5.10 Å². The molecule has 3 atom stereocenters. The van der Waals surface area contributed by atoms with E-state index in [1.165, 1.54) is 6.07 Å². The molecule has 138 valence electrons. The Balaban J connectivity index is 1.50. The number of hydrogen-bond acceptors (Lipinski definition) is 3. The summed E-state index contributed by atoms with van der Waals surface area (Å²) in [5.41, 5.74) is 1.84. The molecule has 6 heteroatoms. The molecule has 0 unspecified atom stereocenters. The molecule has 2 heterocycles. The summed E-state index contributed by atoms with van der Waals surface area (Å²) < 4.78 is 15.6. The molecule has 1 amide bonds. The number of piperidine rings is 1. The smallest absolute Gasteiger partial charge is 0.222 e. The number of halogens is 1. The normalized spacial score (nSPS) is 25.8. The lowest BCUT2D eigenvalue weighted by Gasteiger charge is -2.31. The average molecular weight is 356 g/mol. The first-order valence-corrected chi connectivity index (χ1v) is 9.24. The molecule has 2 fully saturated rings. The predicted octanol–water partition coefficient (Wildman–Crippen LogP) is 2.70. The van der Waals surface area contributed by atoms with E-state index in [1.54, 1.807) is 23.0 Å². The van der Waals surface area contributed by atoms with Gasteiger partial charge < -0.3 is 4.90 Å². The Kier molecular flexibility index (Phi) is 4.53. The Bertz CT molecular complexity index is 791. The summed E-state index contributed by atoms with van der Waals surface area (Å²) in [5.74, 6) is 1.12. The minimum Gasteiger partial charge on any atom is -0.345 e. The van der Waals surface area contributed by atoms with Gasteiger partial charge in [0.05, 0.1) is 5.69 Å². The second kappa shape index (κ2) is 6.83. The topological polar surface area (TPSA) is 41.4 Å². The lowest BCUT2D eigenvalue weighted by molar-refractivity contribution is -0.134. The number of amides is 1. The molecule has 2 aliphatic rings. The fourth-order valence-corrected chi connectivity index (χ4v) is 4.56. The first kappa shape index (κ1) is 17.2. The number of carbonyl (C=O) groups is 1. The molecule has 1 aromatic heterocycles. The van der Waals surface area contributed by atoms with Gasteiger partial charge in [0.15, 0.2) is 0 Å². The van der Waals surface area contributed by atoms with Crippen LogP contribution in [0.25, 0.3) is 5.69 Å². The molecule has 0 bridgehead atoms. The van der Waals surface area contributed by atoms with Crippen molar-refractivity contribution in [2.24, 2.45) is 11.8 Å². The van der Waals surface area contributed by atoms with Crippen LogP contribution in [0, 0.1) is 17.7 Å². The number of likely N-dealkylation sites (tertiary alicyclic amines) is 1. The monoisotopic (exact) mass is 356 g/mol. The van der Waals surface area contributed by atoms with Gasteiger partial charge in [-0.15, -0.1) is 0 Å². The summed E-state index contributed by atoms with van der Waals surface area (Å²) >= 11 is 0. The molecule has 5 nitrogen and oxygen atoms in total. The number of aromatic nitrogens is 2. The molecule has 0 radical (unpaired) electrons. The van der Waals surface area contributed by atoms with E-state index in [9.17, 15) is 9.18 Å². The molecular formula is C20H25FN4O. The molecule has 1 aliphatic heterocycles. The average Bonchev–Trinajstić information content (AvgIpc) is 3.25. The Morgan fingerprint density at radius 2 is 2.12 bits per heavy atom. The highest BCUT2D eigenvalue weighted by Crippen LogP contribution is 2.40. The second-order valence-corrected chi connectivity index (χ2v) is 7.76.